The molecule has 0 aromatic rings. The molecule has 0 spiro atoms. The third-order valence-electron chi connectivity index (χ3n) is 2.65. The van der Waals surface area contributed by atoms with Gasteiger partial charge in [0.1, 0.15) is 5.25 Å². The molecule has 1 aliphatic rings. The zero-order valence-corrected chi connectivity index (χ0v) is 9.93. The molecule has 2 unspecified atom stereocenters. The van der Waals surface area contributed by atoms with E-state index in [9.17, 15) is 13.2 Å². The highest BCUT2D eigenvalue weighted by atomic mass is 32.2. The predicted molar refractivity (Wildman–Crippen MR) is 58.3 cm³/mol. The summed E-state index contributed by atoms with van der Waals surface area (Å²) in [5.41, 5.74) is 0. The Balaban J connectivity index is 2.47. The average molecular weight is 234 g/mol. The van der Waals surface area contributed by atoms with Crippen LogP contribution in [-0.2, 0) is 14.6 Å². The number of carbonyl (C=O) groups excluding carboxylic acids is 1. The number of carbonyl (C=O) groups is 1. The number of rotatable bonds is 3. The van der Waals surface area contributed by atoms with Crippen molar-refractivity contribution in [3.05, 3.63) is 0 Å². The third-order valence-corrected chi connectivity index (χ3v) is 4.15. The van der Waals surface area contributed by atoms with Crippen LogP contribution in [0.3, 0.4) is 0 Å². The fraction of sp³-hybridized carbons (Fsp3) is 0.889. The minimum absolute atomic E-state index is 0.0652. The zero-order chi connectivity index (χ0) is 11.5. The molecule has 1 aliphatic heterocycles. The Hall–Kier alpha value is -0.620. The second-order valence-electron chi connectivity index (χ2n) is 4.02. The minimum atomic E-state index is -3.29. The summed E-state index contributed by atoms with van der Waals surface area (Å²) in [7, 11) is -3.29. The van der Waals surface area contributed by atoms with E-state index >= 15 is 0 Å². The summed E-state index contributed by atoms with van der Waals surface area (Å²) in [6, 6.07) is 0.0652. The summed E-state index contributed by atoms with van der Waals surface area (Å²) in [5.74, 6) is -0.397. The van der Waals surface area contributed by atoms with Crippen molar-refractivity contribution in [2.75, 3.05) is 19.3 Å². The van der Waals surface area contributed by atoms with Gasteiger partial charge in [-0.25, -0.2) is 8.42 Å². The second kappa shape index (κ2) is 4.94. The molecule has 0 aliphatic carbocycles. The molecule has 2 atom stereocenters. The molecule has 1 heterocycles. The predicted octanol–water partition coefficient (Wildman–Crippen LogP) is -0.712. The van der Waals surface area contributed by atoms with Crippen LogP contribution in [0.2, 0.25) is 0 Å². The Kier molecular flexibility index (Phi) is 4.10. The van der Waals surface area contributed by atoms with Gasteiger partial charge in [0.15, 0.2) is 9.84 Å². The van der Waals surface area contributed by atoms with Crippen LogP contribution in [0, 0.1) is 0 Å². The van der Waals surface area contributed by atoms with Crippen LogP contribution in [0.15, 0.2) is 0 Å². The lowest BCUT2D eigenvalue weighted by atomic mass is 10.1. The van der Waals surface area contributed by atoms with Crippen LogP contribution in [-0.4, -0.2) is 45.0 Å². The molecule has 1 saturated heterocycles. The van der Waals surface area contributed by atoms with Gasteiger partial charge in [-0.05, 0) is 26.3 Å². The first-order valence-corrected chi connectivity index (χ1v) is 7.06. The molecule has 0 aromatic carbocycles. The van der Waals surface area contributed by atoms with Crippen molar-refractivity contribution in [2.24, 2.45) is 0 Å². The second-order valence-corrected chi connectivity index (χ2v) is 6.39. The Morgan fingerprint density at radius 1 is 1.53 bits per heavy atom. The summed E-state index contributed by atoms with van der Waals surface area (Å²) in [6.45, 7) is 3.11. The molecule has 6 heteroatoms. The van der Waals surface area contributed by atoms with Crippen molar-refractivity contribution >= 4 is 15.7 Å². The van der Waals surface area contributed by atoms with Gasteiger partial charge in [-0.15, -0.1) is 0 Å². The monoisotopic (exact) mass is 234 g/mol. The first kappa shape index (κ1) is 12.4. The molecular formula is C9H18N2O3S. The standard InChI is InChI=1S/C9H18N2O3S/c1-7(15(2,13)14)9(12)11-8-4-3-5-10-6-8/h7-8,10H,3-6H2,1-2H3,(H,11,12). The van der Waals surface area contributed by atoms with Crippen LogP contribution in [0.5, 0.6) is 0 Å². The highest BCUT2D eigenvalue weighted by Gasteiger charge is 2.25. The molecule has 0 radical (unpaired) electrons. The van der Waals surface area contributed by atoms with Crippen molar-refractivity contribution < 1.29 is 13.2 Å². The molecule has 0 saturated carbocycles. The Labute approximate surface area is 90.5 Å². The summed E-state index contributed by atoms with van der Waals surface area (Å²) >= 11 is 0. The number of hydrogen-bond donors (Lipinski definition) is 2. The molecule has 2 N–H and O–H groups in total. The lowest BCUT2D eigenvalue weighted by molar-refractivity contribution is -0.121. The molecule has 1 fully saturated rings. The van der Waals surface area contributed by atoms with Gasteiger partial charge in [0.05, 0.1) is 0 Å². The van der Waals surface area contributed by atoms with Crippen molar-refractivity contribution in [3.63, 3.8) is 0 Å². The topological polar surface area (TPSA) is 75.3 Å². The number of amides is 1. The zero-order valence-electron chi connectivity index (χ0n) is 9.12. The highest BCUT2D eigenvalue weighted by molar-refractivity contribution is 7.92. The minimum Gasteiger partial charge on any atom is -0.351 e. The molecular weight excluding hydrogens is 216 g/mol. The van der Waals surface area contributed by atoms with E-state index in [1.807, 2.05) is 0 Å². The summed E-state index contributed by atoms with van der Waals surface area (Å²) in [4.78, 5) is 11.5. The smallest absolute Gasteiger partial charge is 0.238 e. The summed E-state index contributed by atoms with van der Waals surface area (Å²) < 4.78 is 22.3. The highest BCUT2D eigenvalue weighted by Crippen LogP contribution is 2.04. The Bertz CT molecular complexity index is 320. The van der Waals surface area contributed by atoms with E-state index in [2.05, 4.69) is 10.6 Å². The lowest BCUT2D eigenvalue weighted by Gasteiger charge is -2.24. The van der Waals surface area contributed by atoms with Crippen LogP contribution in [0.25, 0.3) is 0 Å². The normalized spacial score (nSPS) is 24.5. The van der Waals surface area contributed by atoms with Gasteiger partial charge in [0.2, 0.25) is 5.91 Å². The average Bonchev–Trinajstić information content (AvgIpc) is 2.16. The van der Waals surface area contributed by atoms with E-state index in [0.717, 1.165) is 32.2 Å². The Morgan fingerprint density at radius 2 is 2.20 bits per heavy atom. The van der Waals surface area contributed by atoms with Gasteiger partial charge in [0.25, 0.3) is 0 Å². The van der Waals surface area contributed by atoms with E-state index < -0.39 is 21.0 Å². The molecule has 5 nitrogen and oxygen atoms in total. The fourth-order valence-corrected chi connectivity index (χ4v) is 1.94. The molecule has 0 aromatic heterocycles. The van der Waals surface area contributed by atoms with Crippen molar-refractivity contribution in [2.45, 2.75) is 31.1 Å². The number of piperidine rings is 1. The van der Waals surface area contributed by atoms with Gasteiger partial charge < -0.3 is 10.6 Å². The quantitative estimate of drug-likeness (QED) is 0.676. The maximum atomic E-state index is 11.5. The maximum absolute atomic E-state index is 11.5. The molecule has 1 amide bonds. The fourth-order valence-electron chi connectivity index (χ4n) is 1.49. The van der Waals surface area contributed by atoms with Crippen LogP contribution in [0.1, 0.15) is 19.8 Å². The molecule has 15 heavy (non-hydrogen) atoms. The van der Waals surface area contributed by atoms with Crippen LogP contribution < -0.4 is 10.6 Å². The van der Waals surface area contributed by atoms with Gasteiger partial charge in [-0.3, -0.25) is 4.79 Å². The maximum Gasteiger partial charge on any atom is 0.238 e. The van der Waals surface area contributed by atoms with Gasteiger partial charge in [0, 0.05) is 18.8 Å². The van der Waals surface area contributed by atoms with Gasteiger partial charge >= 0.3 is 0 Å². The number of nitrogens with one attached hydrogen (secondary N) is 2. The first-order chi connectivity index (χ1) is 6.91. The number of sulfone groups is 1. The van der Waals surface area contributed by atoms with Crippen molar-refractivity contribution in [1.82, 2.24) is 10.6 Å². The van der Waals surface area contributed by atoms with E-state index in [4.69, 9.17) is 0 Å². The van der Waals surface area contributed by atoms with Crippen LogP contribution >= 0.6 is 0 Å². The summed E-state index contributed by atoms with van der Waals surface area (Å²) in [5, 5.41) is 4.94. The van der Waals surface area contributed by atoms with E-state index in [1.54, 1.807) is 0 Å². The van der Waals surface area contributed by atoms with E-state index in [0.29, 0.717) is 0 Å². The molecule has 0 bridgehead atoms. The van der Waals surface area contributed by atoms with E-state index in [-0.39, 0.29) is 6.04 Å². The van der Waals surface area contributed by atoms with Crippen molar-refractivity contribution in [3.8, 4) is 0 Å². The SMILES string of the molecule is CC(C(=O)NC1CCCNC1)S(C)(=O)=O. The third kappa shape index (κ3) is 3.79. The van der Waals surface area contributed by atoms with E-state index in [1.165, 1.54) is 6.92 Å². The van der Waals surface area contributed by atoms with Gasteiger partial charge in [-0.1, -0.05) is 0 Å². The lowest BCUT2D eigenvalue weighted by Crippen LogP contribution is -2.49. The summed E-state index contributed by atoms with van der Waals surface area (Å²) in [6.07, 6.45) is 3.00. The van der Waals surface area contributed by atoms with Crippen molar-refractivity contribution in [1.29, 1.82) is 0 Å². The Morgan fingerprint density at radius 3 is 2.67 bits per heavy atom. The largest absolute Gasteiger partial charge is 0.351 e. The molecule has 88 valence electrons. The van der Waals surface area contributed by atoms with Gasteiger partial charge in [-0.2, -0.15) is 0 Å². The number of hydrogen-bond acceptors (Lipinski definition) is 4. The van der Waals surface area contributed by atoms with Crippen LogP contribution in [0.4, 0.5) is 0 Å². The molecule has 1 rings (SSSR count). The first-order valence-electron chi connectivity index (χ1n) is 5.11.